The molecular weight excluding hydrogens is 304 g/mol. The number of thiazole rings is 1. The first-order chi connectivity index (χ1) is 11.1. The van der Waals surface area contributed by atoms with Crippen LogP contribution in [0.1, 0.15) is 70.0 Å². The second-order valence-corrected chi connectivity index (χ2v) is 7.65. The third-order valence-corrected chi connectivity index (χ3v) is 5.97. The Balaban J connectivity index is 1.68. The van der Waals surface area contributed by atoms with Crippen molar-refractivity contribution >= 4 is 17.2 Å². The molecule has 2 aromatic rings. The minimum atomic E-state index is 0.0231. The van der Waals surface area contributed by atoms with Gasteiger partial charge in [0.15, 0.2) is 0 Å². The third kappa shape index (κ3) is 3.47. The number of aromatic nitrogens is 1. The van der Waals surface area contributed by atoms with Gasteiger partial charge in [0.2, 0.25) is 0 Å². The van der Waals surface area contributed by atoms with Crippen LogP contribution in [-0.2, 0) is 6.42 Å². The lowest BCUT2D eigenvalue weighted by Crippen LogP contribution is -2.29. The van der Waals surface area contributed by atoms with Crippen molar-refractivity contribution < 1.29 is 4.79 Å². The minimum absolute atomic E-state index is 0.0231. The van der Waals surface area contributed by atoms with E-state index in [9.17, 15) is 4.79 Å². The molecule has 1 aliphatic carbocycles. The second-order valence-electron chi connectivity index (χ2n) is 6.62. The molecule has 0 fully saturated rings. The molecule has 1 aromatic heterocycles. The molecule has 0 spiro atoms. The summed E-state index contributed by atoms with van der Waals surface area (Å²) in [7, 11) is 0. The van der Waals surface area contributed by atoms with E-state index in [2.05, 4.69) is 48.4 Å². The Labute approximate surface area is 142 Å². The van der Waals surface area contributed by atoms with Crippen LogP contribution in [0.4, 0.5) is 0 Å². The van der Waals surface area contributed by atoms with Crippen molar-refractivity contribution in [3.05, 3.63) is 51.0 Å². The first-order valence-corrected chi connectivity index (χ1v) is 9.21. The highest BCUT2D eigenvalue weighted by Crippen LogP contribution is 2.31. The number of rotatable bonds is 4. The molecule has 1 unspecified atom stereocenters. The summed E-state index contributed by atoms with van der Waals surface area (Å²) in [6.45, 7) is 6.86. The number of hydrogen-bond donors (Lipinski definition) is 1. The van der Waals surface area contributed by atoms with Crippen molar-refractivity contribution in [1.82, 2.24) is 10.3 Å². The quantitative estimate of drug-likeness (QED) is 0.902. The van der Waals surface area contributed by atoms with Crippen molar-refractivity contribution in [1.29, 1.82) is 0 Å². The van der Waals surface area contributed by atoms with Crippen LogP contribution >= 0.6 is 11.3 Å². The van der Waals surface area contributed by atoms with Gasteiger partial charge in [0, 0.05) is 18.4 Å². The fourth-order valence-corrected chi connectivity index (χ4v) is 4.22. The van der Waals surface area contributed by atoms with Gasteiger partial charge in [-0.05, 0) is 37.3 Å². The Morgan fingerprint density at radius 1 is 1.39 bits per heavy atom. The van der Waals surface area contributed by atoms with Gasteiger partial charge in [0.25, 0.3) is 5.91 Å². The van der Waals surface area contributed by atoms with Crippen LogP contribution in [0.5, 0.6) is 0 Å². The summed E-state index contributed by atoms with van der Waals surface area (Å²) < 4.78 is 0. The molecule has 1 N–H and O–H groups in total. The first kappa shape index (κ1) is 16.2. The molecule has 1 aliphatic rings. The highest BCUT2D eigenvalue weighted by Gasteiger charge is 2.22. The zero-order valence-electron chi connectivity index (χ0n) is 14.1. The van der Waals surface area contributed by atoms with Gasteiger partial charge >= 0.3 is 0 Å². The molecule has 122 valence electrons. The van der Waals surface area contributed by atoms with Gasteiger partial charge in [-0.2, -0.15) is 0 Å². The molecule has 23 heavy (non-hydrogen) atoms. The molecule has 0 aliphatic heterocycles. The molecule has 4 heteroatoms. The van der Waals surface area contributed by atoms with E-state index in [1.165, 1.54) is 28.9 Å². The maximum atomic E-state index is 12.5. The number of nitrogens with one attached hydrogen (secondary N) is 1. The molecule has 3 rings (SSSR count). The maximum absolute atomic E-state index is 12.5. The summed E-state index contributed by atoms with van der Waals surface area (Å²) in [5, 5.41) is 4.17. The summed E-state index contributed by atoms with van der Waals surface area (Å²) in [5.74, 6) is 0.821. The second kappa shape index (κ2) is 6.83. The molecule has 1 heterocycles. The van der Waals surface area contributed by atoms with Gasteiger partial charge < -0.3 is 5.32 Å². The van der Waals surface area contributed by atoms with Crippen molar-refractivity contribution in [2.75, 3.05) is 6.54 Å². The number of benzene rings is 1. The molecular formula is C19H24N2OS. The number of carbonyl (C=O) groups is 1. The number of fused-ring (bicyclic) bond motifs is 1. The number of amides is 1. The summed E-state index contributed by atoms with van der Waals surface area (Å²) >= 11 is 1.52. The van der Waals surface area contributed by atoms with Gasteiger partial charge in [-0.15, -0.1) is 11.3 Å². The molecule has 0 saturated heterocycles. The molecule has 0 saturated carbocycles. The predicted molar refractivity (Wildman–Crippen MR) is 95.4 cm³/mol. The smallest absolute Gasteiger partial charge is 0.263 e. The van der Waals surface area contributed by atoms with Crippen molar-refractivity contribution in [2.45, 2.75) is 51.9 Å². The Hall–Kier alpha value is -1.68. The zero-order valence-corrected chi connectivity index (χ0v) is 14.9. The van der Waals surface area contributed by atoms with Gasteiger partial charge in [-0.25, -0.2) is 4.98 Å². The number of hydrogen-bond acceptors (Lipinski definition) is 3. The topological polar surface area (TPSA) is 42.0 Å². The number of nitrogens with zero attached hydrogens (tertiary/aromatic N) is 1. The monoisotopic (exact) mass is 328 g/mol. The van der Waals surface area contributed by atoms with Crippen LogP contribution in [0.25, 0.3) is 0 Å². The van der Waals surface area contributed by atoms with Gasteiger partial charge in [0.05, 0.1) is 10.7 Å². The Morgan fingerprint density at radius 2 is 2.17 bits per heavy atom. The molecule has 1 amide bonds. The summed E-state index contributed by atoms with van der Waals surface area (Å²) in [4.78, 5) is 17.8. The van der Waals surface area contributed by atoms with E-state index < -0.39 is 0 Å². The lowest BCUT2D eigenvalue weighted by atomic mass is 9.83. The maximum Gasteiger partial charge on any atom is 0.263 e. The lowest BCUT2D eigenvalue weighted by molar-refractivity contribution is 0.0953. The van der Waals surface area contributed by atoms with Crippen LogP contribution in [0.2, 0.25) is 0 Å². The average molecular weight is 328 g/mol. The SMILES string of the molecule is Cc1nc(C(C)C)sc1C(=O)NCC1CCCc2ccccc21. The third-order valence-electron chi connectivity index (χ3n) is 4.52. The van der Waals surface area contributed by atoms with E-state index in [1.54, 1.807) is 0 Å². The van der Waals surface area contributed by atoms with E-state index in [1.807, 2.05) is 6.92 Å². The molecule has 0 bridgehead atoms. The van der Waals surface area contributed by atoms with E-state index in [-0.39, 0.29) is 5.91 Å². The lowest BCUT2D eigenvalue weighted by Gasteiger charge is -2.25. The summed E-state index contributed by atoms with van der Waals surface area (Å²) in [6, 6.07) is 8.63. The Morgan fingerprint density at radius 3 is 2.91 bits per heavy atom. The van der Waals surface area contributed by atoms with Crippen molar-refractivity contribution in [2.24, 2.45) is 0 Å². The zero-order chi connectivity index (χ0) is 16.4. The summed E-state index contributed by atoms with van der Waals surface area (Å²) in [6.07, 6.45) is 3.51. The fourth-order valence-electron chi connectivity index (χ4n) is 3.24. The van der Waals surface area contributed by atoms with Crippen molar-refractivity contribution in [3.63, 3.8) is 0 Å². The first-order valence-electron chi connectivity index (χ1n) is 8.39. The molecule has 1 atom stereocenters. The molecule has 3 nitrogen and oxygen atoms in total. The number of aryl methyl sites for hydroxylation is 2. The Bertz CT molecular complexity index is 705. The van der Waals surface area contributed by atoms with Crippen LogP contribution in [-0.4, -0.2) is 17.4 Å². The van der Waals surface area contributed by atoms with E-state index in [4.69, 9.17) is 0 Å². The van der Waals surface area contributed by atoms with Crippen LogP contribution in [0, 0.1) is 6.92 Å². The van der Waals surface area contributed by atoms with Gasteiger partial charge in [0.1, 0.15) is 4.88 Å². The van der Waals surface area contributed by atoms with Gasteiger partial charge in [-0.1, -0.05) is 38.1 Å². The fraction of sp³-hybridized carbons (Fsp3) is 0.474. The van der Waals surface area contributed by atoms with E-state index >= 15 is 0 Å². The van der Waals surface area contributed by atoms with Crippen molar-refractivity contribution in [3.8, 4) is 0 Å². The van der Waals surface area contributed by atoms with E-state index in [0.29, 0.717) is 18.4 Å². The highest BCUT2D eigenvalue weighted by atomic mass is 32.1. The molecule has 0 radical (unpaired) electrons. The van der Waals surface area contributed by atoms with Crippen LogP contribution in [0.15, 0.2) is 24.3 Å². The van der Waals surface area contributed by atoms with Crippen LogP contribution < -0.4 is 5.32 Å². The normalized spacial score (nSPS) is 17.1. The highest BCUT2D eigenvalue weighted by molar-refractivity contribution is 7.13. The average Bonchev–Trinajstić information content (AvgIpc) is 2.95. The summed E-state index contributed by atoms with van der Waals surface area (Å²) in [5.41, 5.74) is 3.69. The predicted octanol–water partition coefficient (Wildman–Crippen LogP) is 4.42. The van der Waals surface area contributed by atoms with E-state index in [0.717, 1.165) is 28.4 Å². The van der Waals surface area contributed by atoms with Crippen LogP contribution in [0.3, 0.4) is 0 Å². The Kier molecular flexibility index (Phi) is 4.81. The number of carbonyl (C=O) groups excluding carboxylic acids is 1. The largest absolute Gasteiger partial charge is 0.351 e. The van der Waals surface area contributed by atoms with Gasteiger partial charge in [-0.3, -0.25) is 4.79 Å². The standard InChI is InChI=1S/C19H24N2OS/c1-12(2)19-21-13(3)17(23-19)18(22)20-11-15-9-6-8-14-7-4-5-10-16(14)15/h4-5,7,10,12,15H,6,8-9,11H2,1-3H3,(H,20,22). The minimum Gasteiger partial charge on any atom is -0.351 e. The molecule has 1 aromatic carbocycles.